The number of aliphatic carboxylic acids is 1. The van der Waals surface area contributed by atoms with Gasteiger partial charge in [0.05, 0.1) is 0 Å². The van der Waals surface area contributed by atoms with Crippen molar-refractivity contribution in [1.82, 2.24) is 5.32 Å². The van der Waals surface area contributed by atoms with Gasteiger partial charge >= 0.3 is 5.97 Å². The SMILES string of the molecule is CC(C)(Oc1ccccc1CCNC(=O)CCCc1ccc(Cl)cc1)C(=O)O. The fourth-order valence-corrected chi connectivity index (χ4v) is 2.78. The van der Waals surface area contributed by atoms with E-state index >= 15 is 0 Å². The Kier molecular flexibility index (Phi) is 7.88. The molecule has 0 aliphatic rings. The van der Waals surface area contributed by atoms with E-state index < -0.39 is 11.6 Å². The molecule has 5 nitrogen and oxygen atoms in total. The number of carboxylic acid groups (broad SMARTS) is 1. The molecule has 28 heavy (non-hydrogen) atoms. The van der Waals surface area contributed by atoms with Gasteiger partial charge in [-0.05, 0) is 62.4 Å². The van der Waals surface area contributed by atoms with Crippen LogP contribution in [0.1, 0.15) is 37.8 Å². The van der Waals surface area contributed by atoms with Crippen molar-refractivity contribution in [2.24, 2.45) is 0 Å². The van der Waals surface area contributed by atoms with Crippen molar-refractivity contribution in [3.8, 4) is 5.75 Å². The van der Waals surface area contributed by atoms with Gasteiger partial charge in [-0.2, -0.15) is 0 Å². The molecule has 0 bridgehead atoms. The van der Waals surface area contributed by atoms with Crippen LogP contribution in [0.4, 0.5) is 0 Å². The molecule has 0 radical (unpaired) electrons. The van der Waals surface area contributed by atoms with Crippen molar-refractivity contribution >= 4 is 23.5 Å². The van der Waals surface area contributed by atoms with Gasteiger partial charge in [-0.25, -0.2) is 4.79 Å². The summed E-state index contributed by atoms with van der Waals surface area (Å²) in [5, 5.41) is 12.8. The average Bonchev–Trinajstić information content (AvgIpc) is 2.64. The van der Waals surface area contributed by atoms with Crippen molar-refractivity contribution in [1.29, 1.82) is 0 Å². The fraction of sp³-hybridized carbons (Fsp3) is 0.364. The molecular weight excluding hydrogens is 378 g/mol. The molecular formula is C22H26ClNO4. The number of carboxylic acids is 1. The van der Waals surface area contributed by atoms with Crippen LogP contribution < -0.4 is 10.1 Å². The van der Waals surface area contributed by atoms with Crippen LogP contribution in [0, 0.1) is 0 Å². The van der Waals surface area contributed by atoms with E-state index in [1.165, 1.54) is 13.8 Å². The Morgan fingerprint density at radius 2 is 1.75 bits per heavy atom. The molecule has 0 saturated heterocycles. The maximum absolute atomic E-state index is 12.0. The molecule has 0 aliphatic carbocycles. The maximum Gasteiger partial charge on any atom is 0.347 e. The largest absolute Gasteiger partial charge is 0.478 e. The summed E-state index contributed by atoms with van der Waals surface area (Å²) in [6, 6.07) is 14.9. The first-order valence-corrected chi connectivity index (χ1v) is 9.67. The van der Waals surface area contributed by atoms with Crippen molar-refractivity contribution in [2.75, 3.05) is 6.54 Å². The third-order valence-electron chi connectivity index (χ3n) is 4.35. The van der Waals surface area contributed by atoms with E-state index in [4.69, 9.17) is 16.3 Å². The maximum atomic E-state index is 12.0. The summed E-state index contributed by atoms with van der Waals surface area (Å²) < 4.78 is 5.65. The Bertz CT molecular complexity index is 802. The Labute approximate surface area is 170 Å². The zero-order valence-corrected chi connectivity index (χ0v) is 17.0. The van der Waals surface area contributed by atoms with Gasteiger partial charge in [0.2, 0.25) is 5.91 Å². The molecule has 0 saturated carbocycles. The van der Waals surface area contributed by atoms with Gasteiger partial charge in [-0.3, -0.25) is 4.79 Å². The van der Waals surface area contributed by atoms with E-state index in [2.05, 4.69) is 5.32 Å². The molecule has 0 fully saturated rings. The number of carbonyl (C=O) groups is 2. The molecule has 6 heteroatoms. The van der Waals surface area contributed by atoms with Crippen LogP contribution in [-0.2, 0) is 22.4 Å². The highest BCUT2D eigenvalue weighted by Crippen LogP contribution is 2.23. The smallest absolute Gasteiger partial charge is 0.347 e. The Balaban J connectivity index is 1.77. The molecule has 150 valence electrons. The topological polar surface area (TPSA) is 75.6 Å². The summed E-state index contributed by atoms with van der Waals surface area (Å²) in [7, 11) is 0. The minimum absolute atomic E-state index is 0.00164. The summed E-state index contributed by atoms with van der Waals surface area (Å²) in [5.41, 5.74) is 0.698. The summed E-state index contributed by atoms with van der Waals surface area (Å²) in [5.74, 6) is -0.513. The van der Waals surface area contributed by atoms with E-state index in [0.29, 0.717) is 30.2 Å². The van der Waals surface area contributed by atoms with Crippen LogP contribution in [-0.4, -0.2) is 29.1 Å². The molecule has 0 aromatic heterocycles. The zero-order chi connectivity index (χ0) is 20.6. The third kappa shape index (κ3) is 6.89. The summed E-state index contributed by atoms with van der Waals surface area (Å²) in [6.45, 7) is 3.48. The first-order valence-electron chi connectivity index (χ1n) is 9.29. The predicted octanol–water partition coefficient (Wildman–Crippen LogP) is 4.26. The number of nitrogens with one attached hydrogen (secondary N) is 1. The highest BCUT2D eigenvalue weighted by Gasteiger charge is 2.30. The molecule has 0 aliphatic heterocycles. The molecule has 2 N–H and O–H groups in total. The number of hydrogen-bond donors (Lipinski definition) is 2. The lowest BCUT2D eigenvalue weighted by molar-refractivity contribution is -0.152. The molecule has 0 heterocycles. The summed E-state index contributed by atoms with van der Waals surface area (Å²) >= 11 is 5.86. The second-order valence-electron chi connectivity index (χ2n) is 7.11. The Hall–Kier alpha value is -2.53. The number of hydrogen-bond acceptors (Lipinski definition) is 3. The minimum atomic E-state index is -1.32. The fourth-order valence-electron chi connectivity index (χ4n) is 2.66. The van der Waals surface area contributed by atoms with E-state index in [9.17, 15) is 14.7 Å². The number of carbonyl (C=O) groups excluding carboxylic acids is 1. The second-order valence-corrected chi connectivity index (χ2v) is 7.54. The number of amides is 1. The van der Waals surface area contributed by atoms with Gasteiger partial charge in [0, 0.05) is 18.0 Å². The summed E-state index contributed by atoms with van der Waals surface area (Å²) in [6.07, 6.45) is 2.60. The van der Waals surface area contributed by atoms with Crippen LogP contribution in [0.5, 0.6) is 5.75 Å². The number of aryl methyl sites for hydroxylation is 1. The number of ether oxygens (including phenoxy) is 1. The second kappa shape index (κ2) is 10.1. The first kappa shape index (κ1) is 21.8. The molecule has 2 rings (SSSR count). The molecule has 2 aromatic rings. The lowest BCUT2D eigenvalue weighted by Crippen LogP contribution is -2.38. The average molecular weight is 404 g/mol. The van der Waals surface area contributed by atoms with Gasteiger partial charge < -0.3 is 15.2 Å². The zero-order valence-electron chi connectivity index (χ0n) is 16.2. The Morgan fingerprint density at radius 3 is 2.43 bits per heavy atom. The van der Waals surface area contributed by atoms with Gasteiger partial charge in [0.15, 0.2) is 5.60 Å². The van der Waals surface area contributed by atoms with Gasteiger partial charge in [-0.15, -0.1) is 0 Å². The third-order valence-corrected chi connectivity index (χ3v) is 4.60. The van der Waals surface area contributed by atoms with Crippen LogP contribution >= 0.6 is 11.6 Å². The van der Waals surface area contributed by atoms with Crippen LogP contribution in [0.3, 0.4) is 0 Å². The van der Waals surface area contributed by atoms with Crippen LogP contribution in [0.2, 0.25) is 5.02 Å². The molecule has 2 aromatic carbocycles. The van der Waals surface area contributed by atoms with Crippen LogP contribution in [0.15, 0.2) is 48.5 Å². The van der Waals surface area contributed by atoms with Gasteiger partial charge in [0.25, 0.3) is 0 Å². The highest BCUT2D eigenvalue weighted by atomic mass is 35.5. The predicted molar refractivity (Wildman–Crippen MR) is 110 cm³/mol. The van der Waals surface area contributed by atoms with Gasteiger partial charge in [0.1, 0.15) is 5.75 Å². The van der Waals surface area contributed by atoms with Crippen molar-refractivity contribution in [3.63, 3.8) is 0 Å². The summed E-state index contributed by atoms with van der Waals surface area (Å²) in [4.78, 5) is 23.3. The standard InChI is InChI=1S/C22H26ClNO4/c1-22(2,21(26)27)28-19-8-4-3-7-17(19)14-15-24-20(25)9-5-6-16-10-12-18(23)13-11-16/h3-4,7-8,10-13H,5-6,9,14-15H2,1-2H3,(H,24,25)(H,26,27). The molecule has 0 atom stereocenters. The van der Waals surface area contributed by atoms with E-state index in [1.54, 1.807) is 12.1 Å². The van der Waals surface area contributed by atoms with E-state index in [1.807, 2.05) is 36.4 Å². The quantitative estimate of drug-likeness (QED) is 0.621. The van der Waals surface area contributed by atoms with Crippen LogP contribution in [0.25, 0.3) is 0 Å². The number of benzene rings is 2. The van der Waals surface area contributed by atoms with Crippen molar-refractivity contribution < 1.29 is 19.4 Å². The lowest BCUT2D eigenvalue weighted by atomic mass is 10.1. The highest BCUT2D eigenvalue weighted by molar-refractivity contribution is 6.30. The normalized spacial score (nSPS) is 11.1. The van der Waals surface area contributed by atoms with E-state index in [-0.39, 0.29) is 5.91 Å². The van der Waals surface area contributed by atoms with Crippen molar-refractivity contribution in [2.45, 2.75) is 45.1 Å². The number of rotatable bonds is 10. The monoisotopic (exact) mass is 403 g/mol. The van der Waals surface area contributed by atoms with E-state index in [0.717, 1.165) is 24.0 Å². The first-order chi connectivity index (χ1) is 13.3. The lowest BCUT2D eigenvalue weighted by Gasteiger charge is -2.23. The minimum Gasteiger partial charge on any atom is -0.478 e. The molecule has 0 unspecified atom stereocenters. The van der Waals surface area contributed by atoms with Gasteiger partial charge in [-0.1, -0.05) is 41.9 Å². The number of halogens is 1. The van der Waals surface area contributed by atoms with Crippen molar-refractivity contribution in [3.05, 3.63) is 64.7 Å². The Morgan fingerprint density at radius 1 is 1.07 bits per heavy atom. The number of para-hydroxylation sites is 1. The molecule has 0 spiro atoms. The molecule has 1 amide bonds.